The van der Waals surface area contributed by atoms with Crippen molar-refractivity contribution in [1.29, 1.82) is 0 Å². The van der Waals surface area contributed by atoms with Gasteiger partial charge in [0, 0.05) is 12.0 Å². The second-order valence-corrected chi connectivity index (χ2v) is 3.52. The lowest BCUT2D eigenvalue weighted by atomic mass is 9.89. The summed E-state index contributed by atoms with van der Waals surface area (Å²) in [4.78, 5) is 11.6. The molecule has 1 aliphatic heterocycles. The maximum absolute atomic E-state index is 11.6. The van der Waals surface area contributed by atoms with Gasteiger partial charge in [0.2, 0.25) is 0 Å². The van der Waals surface area contributed by atoms with Gasteiger partial charge >= 0.3 is 0 Å². The van der Waals surface area contributed by atoms with Crippen molar-refractivity contribution in [1.82, 2.24) is 0 Å². The van der Waals surface area contributed by atoms with Crippen LogP contribution in [0.2, 0.25) is 0 Å². The van der Waals surface area contributed by atoms with E-state index < -0.39 is 0 Å². The molecule has 0 aromatic heterocycles. The van der Waals surface area contributed by atoms with Crippen molar-refractivity contribution in [2.75, 3.05) is 13.2 Å². The molecular weight excluding hydrogens is 154 g/mol. The first kappa shape index (κ1) is 9.68. The van der Waals surface area contributed by atoms with Crippen LogP contribution in [0, 0.1) is 11.8 Å². The van der Waals surface area contributed by atoms with Crippen molar-refractivity contribution in [2.24, 2.45) is 17.6 Å². The van der Waals surface area contributed by atoms with Gasteiger partial charge in [-0.25, -0.2) is 0 Å². The first-order chi connectivity index (χ1) is 5.66. The third-order valence-corrected chi connectivity index (χ3v) is 2.59. The van der Waals surface area contributed by atoms with E-state index in [9.17, 15) is 4.79 Å². The van der Waals surface area contributed by atoms with E-state index in [0.29, 0.717) is 13.2 Å². The van der Waals surface area contributed by atoms with Gasteiger partial charge in [-0.1, -0.05) is 13.8 Å². The normalized spacial score (nSPS) is 31.9. The molecule has 3 atom stereocenters. The minimum Gasteiger partial charge on any atom is -0.379 e. The summed E-state index contributed by atoms with van der Waals surface area (Å²) in [6.07, 6.45) is 0.891. The summed E-state index contributed by atoms with van der Waals surface area (Å²) in [5.41, 5.74) is 5.73. The highest BCUT2D eigenvalue weighted by molar-refractivity contribution is 5.84. The Hall–Kier alpha value is -0.410. The largest absolute Gasteiger partial charge is 0.379 e. The van der Waals surface area contributed by atoms with Crippen LogP contribution in [-0.2, 0) is 9.53 Å². The Morgan fingerprint density at radius 1 is 1.67 bits per heavy atom. The van der Waals surface area contributed by atoms with Crippen LogP contribution in [-0.4, -0.2) is 25.0 Å². The summed E-state index contributed by atoms with van der Waals surface area (Å²) in [5, 5.41) is 0. The number of nitrogens with two attached hydrogens (primary N) is 1. The molecule has 3 unspecified atom stereocenters. The fourth-order valence-electron chi connectivity index (χ4n) is 1.43. The first-order valence-electron chi connectivity index (χ1n) is 4.53. The Kier molecular flexibility index (Phi) is 3.23. The molecule has 3 nitrogen and oxygen atoms in total. The van der Waals surface area contributed by atoms with Crippen molar-refractivity contribution >= 4 is 5.78 Å². The molecule has 0 bridgehead atoms. The Balaban J connectivity index is 2.51. The van der Waals surface area contributed by atoms with Crippen LogP contribution in [0.3, 0.4) is 0 Å². The van der Waals surface area contributed by atoms with Crippen LogP contribution in [0.4, 0.5) is 0 Å². The fraction of sp³-hybridized carbons (Fsp3) is 0.889. The SMILES string of the molecule is CCC(C)C(=O)C1COCC1N. The number of ether oxygens (including phenoxy) is 1. The highest BCUT2D eigenvalue weighted by Gasteiger charge is 2.32. The fourth-order valence-corrected chi connectivity index (χ4v) is 1.43. The van der Waals surface area contributed by atoms with Crippen molar-refractivity contribution in [3.05, 3.63) is 0 Å². The molecule has 0 saturated carbocycles. The number of Topliss-reactive ketones (excluding diaryl/α,β-unsaturated/α-hetero) is 1. The summed E-state index contributed by atoms with van der Waals surface area (Å²) < 4.78 is 5.14. The molecule has 0 aromatic rings. The summed E-state index contributed by atoms with van der Waals surface area (Å²) >= 11 is 0. The predicted octanol–water partition coefficient (Wildman–Crippen LogP) is 0.575. The summed E-state index contributed by atoms with van der Waals surface area (Å²) in [5.74, 6) is 0.338. The molecule has 12 heavy (non-hydrogen) atoms. The number of hydrogen-bond acceptors (Lipinski definition) is 3. The molecule has 70 valence electrons. The van der Waals surface area contributed by atoms with Gasteiger partial charge in [-0.2, -0.15) is 0 Å². The van der Waals surface area contributed by atoms with Crippen molar-refractivity contribution in [3.63, 3.8) is 0 Å². The molecule has 0 amide bonds. The quantitative estimate of drug-likeness (QED) is 0.675. The van der Waals surface area contributed by atoms with Gasteiger partial charge in [-0.15, -0.1) is 0 Å². The van der Waals surface area contributed by atoms with Crippen molar-refractivity contribution < 1.29 is 9.53 Å². The van der Waals surface area contributed by atoms with Gasteiger partial charge < -0.3 is 10.5 Å². The number of hydrogen-bond donors (Lipinski definition) is 1. The lowest BCUT2D eigenvalue weighted by Gasteiger charge is -2.15. The lowest BCUT2D eigenvalue weighted by Crippen LogP contribution is -2.36. The van der Waals surface area contributed by atoms with Crippen molar-refractivity contribution in [3.8, 4) is 0 Å². The van der Waals surface area contributed by atoms with Crippen LogP contribution in [0.25, 0.3) is 0 Å². The van der Waals surface area contributed by atoms with Crippen LogP contribution in [0.1, 0.15) is 20.3 Å². The molecule has 0 aromatic carbocycles. The summed E-state index contributed by atoms with van der Waals surface area (Å²) in [7, 11) is 0. The highest BCUT2D eigenvalue weighted by atomic mass is 16.5. The zero-order valence-corrected chi connectivity index (χ0v) is 7.75. The molecule has 1 saturated heterocycles. The number of rotatable bonds is 3. The predicted molar refractivity (Wildman–Crippen MR) is 46.7 cm³/mol. The van der Waals surface area contributed by atoms with Crippen LogP contribution in [0.5, 0.6) is 0 Å². The molecule has 0 spiro atoms. The third kappa shape index (κ3) is 1.84. The van der Waals surface area contributed by atoms with E-state index in [1.165, 1.54) is 0 Å². The molecule has 1 heterocycles. The zero-order valence-electron chi connectivity index (χ0n) is 7.75. The molecule has 1 rings (SSSR count). The van der Waals surface area contributed by atoms with Gasteiger partial charge in [0.15, 0.2) is 0 Å². The van der Waals surface area contributed by atoms with E-state index in [1.807, 2.05) is 13.8 Å². The Morgan fingerprint density at radius 3 is 2.75 bits per heavy atom. The number of carbonyl (C=O) groups is 1. The molecule has 0 aliphatic carbocycles. The molecular formula is C9H17NO2. The second-order valence-electron chi connectivity index (χ2n) is 3.52. The third-order valence-electron chi connectivity index (χ3n) is 2.59. The Labute approximate surface area is 73.3 Å². The van der Waals surface area contributed by atoms with Gasteiger partial charge in [-0.05, 0) is 6.42 Å². The minimum absolute atomic E-state index is 0.0556. The standard InChI is InChI=1S/C9H17NO2/c1-3-6(2)9(11)7-4-12-5-8(7)10/h6-8H,3-5,10H2,1-2H3. The van der Waals surface area contributed by atoms with Gasteiger partial charge in [0.05, 0.1) is 19.1 Å². The lowest BCUT2D eigenvalue weighted by molar-refractivity contribution is -0.126. The van der Waals surface area contributed by atoms with Crippen molar-refractivity contribution in [2.45, 2.75) is 26.3 Å². The maximum atomic E-state index is 11.6. The summed E-state index contributed by atoms with van der Waals surface area (Å²) in [6.45, 7) is 5.02. The van der Waals surface area contributed by atoms with E-state index in [4.69, 9.17) is 10.5 Å². The van der Waals surface area contributed by atoms with Crippen LogP contribution >= 0.6 is 0 Å². The second kappa shape index (κ2) is 4.01. The van der Waals surface area contributed by atoms with Gasteiger partial charge in [0.25, 0.3) is 0 Å². The smallest absolute Gasteiger partial charge is 0.142 e. The maximum Gasteiger partial charge on any atom is 0.142 e. The number of ketones is 1. The molecule has 0 radical (unpaired) electrons. The van der Waals surface area contributed by atoms with E-state index in [1.54, 1.807) is 0 Å². The van der Waals surface area contributed by atoms with Gasteiger partial charge in [-0.3, -0.25) is 4.79 Å². The zero-order chi connectivity index (χ0) is 9.14. The average Bonchev–Trinajstić information content (AvgIpc) is 2.48. The average molecular weight is 171 g/mol. The molecule has 2 N–H and O–H groups in total. The minimum atomic E-state index is -0.0773. The highest BCUT2D eigenvalue weighted by Crippen LogP contribution is 2.18. The molecule has 3 heteroatoms. The molecule has 1 fully saturated rings. The summed E-state index contributed by atoms with van der Waals surface area (Å²) in [6, 6.07) is -0.0773. The van der Waals surface area contributed by atoms with E-state index in [-0.39, 0.29) is 23.7 Å². The topological polar surface area (TPSA) is 52.3 Å². The van der Waals surface area contributed by atoms with Gasteiger partial charge in [0.1, 0.15) is 5.78 Å². The molecule has 1 aliphatic rings. The Morgan fingerprint density at radius 2 is 2.33 bits per heavy atom. The van der Waals surface area contributed by atoms with E-state index in [0.717, 1.165) is 6.42 Å². The van der Waals surface area contributed by atoms with Crippen LogP contribution in [0.15, 0.2) is 0 Å². The van der Waals surface area contributed by atoms with Crippen LogP contribution < -0.4 is 5.73 Å². The van der Waals surface area contributed by atoms with E-state index >= 15 is 0 Å². The van der Waals surface area contributed by atoms with E-state index in [2.05, 4.69) is 0 Å². The first-order valence-corrected chi connectivity index (χ1v) is 4.53. The Bertz CT molecular complexity index is 170. The monoisotopic (exact) mass is 171 g/mol. The number of carbonyl (C=O) groups excluding carboxylic acids is 1.